The zero-order valence-electron chi connectivity index (χ0n) is 9.02. The summed E-state index contributed by atoms with van der Waals surface area (Å²) in [6.45, 7) is 0. The third-order valence-electron chi connectivity index (χ3n) is 3.30. The van der Waals surface area contributed by atoms with Crippen LogP contribution in [-0.2, 0) is 9.84 Å². The van der Waals surface area contributed by atoms with E-state index in [0.717, 1.165) is 0 Å². The first-order chi connectivity index (χ1) is 8.10. The highest BCUT2D eigenvalue weighted by atomic mass is 32.2. The molecule has 0 saturated heterocycles. The zero-order valence-corrected chi connectivity index (χ0v) is 9.84. The number of sulfone groups is 1. The van der Waals surface area contributed by atoms with Gasteiger partial charge in [0, 0.05) is 11.8 Å². The molecule has 0 aromatic heterocycles. The van der Waals surface area contributed by atoms with Crippen LogP contribution in [0.5, 0.6) is 0 Å². The molecule has 4 heteroatoms. The predicted molar refractivity (Wildman–Crippen MR) is 63.8 cm³/mol. The molecule has 0 spiro atoms. The van der Waals surface area contributed by atoms with E-state index in [1.54, 1.807) is 48.6 Å². The fraction of sp³-hybridized carbons (Fsp3) is 0.231. The number of rotatable bonds is 2. The van der Waals surface area contributed by atoms with Crippen LogP contribution in [-0.4, -0.2) is 19.6 Å². The van der Waals surface area contributed by atoms with Crippen LogP contribution in [0.3, 0.4) is 0 Å². The third-order valence-corrected chi connectivity index (χ3v) is 5.08. The molecule has 17 heavy (non-hydrogen) atoms. The average molecular weight is 248 g/mol. The van der Waals surface area contributed by atoms with E-state index in [1.165, 1.54) is 0 Å². The van der Waals surface area contributed by atoms with Crippen molar-refractivity contribution in [2.24, 2.45) is 11.8 Å². The van der Waals surface area contributed by atoms with Gasteiger partial charge < -0.3 is 5.11 Å². The second-order valence-electron chi connectivity index (χ2n) is 4.39. The lowest BCUT2D eigenvalue weighted by Crippen LogP contribution is -2.05. The first kappa shape index (κ1) is 10.7. The van der Waals surface area contributed by atoms with Crippen LogP contribution in [0.15, 0.2) is 58.4 Å². The molecule has 3 nitrogen and oxygen atoms in total. The summed E-state index contributed by atoms with van der Waals surface area (Å²) < 4.78 is 24.5. The van der Waals surface area contributed by atoms with Crippen LogP contribution in [0.25, 0.3) is 0 Å². The maximum atomic E-state index is 12.3. The molecule has 1 aromatic rings. The summed E-state index contributed by atoms with van der Waals surface area (Å²) in [6, 6.07) is 8.35. The second-order valence-corrected chi connectivity index (χ2v) is 6.34. The maximum absolute atomic E-state index is 12.3. The topological polar surface area (TPSA) is 54.4 Å². The Hall–Kier alpha value is -1.39. The summed E-state index contributed by atoms with van der Waals surface area (Å²) in [4.78, 5) is 0.589. The second kappa shape index (κ2) is 3.55. The van der Waals surface area contributed by atoms with Gasteiger partial charge in [0.05, 0.1) is 15.9 Å². The lowest BCUT2D eigenvalue weighted by atomic mass is 10.2. The molecule has 0 bridgehead atoms. The molecule has 2 aliphatic carbocycles. The molecule has 1 saturated carbocycles. The van der Waals surface area contributed by atoms with Crippen LogP contribution in [0.4, 0.5) is 0 Å². The number of aliphatic hydroxyl groups excluding tert-OH is 1. The van der Waals surface area contributed by atoms with Gasteiger partial charge in [-0.3, -0.25) is 0 Å². The van der Waals surface area contributed by atoms with Crippen molar-refractivity contribution < 1.29 is 13.5 Å². The van der Waals surface area contributed by atoms with Gasteiger partial charge >= 0.3 is 0 Å². The quantitative estimate of drug-likeness (QED) is 0.863. The minimum absolute atomic E-state index is 0.0199. The highest BCUT2D eigenvalue weighted by Crippen LogP contribution is 2.45. The van der Waals surface area contributed by atoms with Gasteiger partial charge in [0.15, 0.2) is 0 Å². The van der Waals surface area contributed by atoms with Gasteiger partial charge in [-0.2, -0.15) is 0 Å². The fourth-order valence-electron chi connectivity index (χ4n) is 2.16. The standard InChI is InChI=1S/C13H12O3S/c14-13-11-7-6-10(8-12(11)13)17(15,16)9-4-2-1-3-5-9/h1-8,11-14H/t11?,12?,13-/m0/s1. The Balaban J connectivity index is 2.01. The molecule has 0 amide bonds. The molecule has 88 valence electrons. The van der Waals surface area contributed by atoms with Crippen LogP contribution in [0.2, 0.25) is 0 Å². The Morgan fingerprint density at radius 2 is 1.76 bits per heavy atom. The van der Waals surface area contributed by atoms with Crippen molar-refractivity contribution in [3.8, 4) is 0 Å². The van der Waals surface area contributed by atoms with Gasteiger partial charge in [-0.05, 0) is 18.2 Å². The van der Waals surface area contributed by atoms with E-state index < -0.39 is 15.9 Å². The van der Waals surface area contributed by atoms with Crippen LogP contribution < -0.4 is 0 Å². The first-order valence-electron chi connectivity index (χ1n) is 5.49. The van der Waals surface area contributed by atoms with Gasteiger partial charge in [0.2, 0.25) is 9.84 Å². The molecular weight excluding hydrogens is 236 g/mol. The molecule has 1 fully saturated rings. The minimum Gasteiger partial charge on any atom is -0.392 e. The Labute approximate surface area is 100 Å². The van der Waals surface area contributed by atoms with E-state index in [4.69, 9.17) is 0 Å². The van der Waals surface area contributed by atoms with E-state index in [2.05, 4.69) is 0 Å². The van der Waals surface area contributed by atoms with E-state index in [1.807, 2.05) is 0 Å². The number of hydrogen-bond donors (Lipinski definition) is 1. The van der Waals surface area contributed by atoms with Crippen molar-refractivity contribution >= 4 is 9.84 Å². The summed E-state index contributed by atoms with van der Waals surface area (Å²) in [5.74, 6) is 0.0956. The molecule has 1 N–H and O–H groups in total. The Morgan fingerprint density at radius 3 is 2.41 bits per heavy atom. The van der Waals surface area contributed by atoms with E-state index in [-0.39, 0.29) is 11.8 Å². The van der Waals surface area contributed by atoms with E-state index in [9.17, 15) is 13.5 Å². The molecular formula is C13H12O3S. The van der Waals surface area contributed by atoms with Gasteiger partial charge in [0.25, 0.3) is 0 Å². The normalized spacial score (nSPS) is 30.6. The van der Waals surface area contributed by atoms with Gasteiger partial charge in [-0.25, -0.2) is 8.42 Å². The Morgan fingerprint density at radius 1 is 1.06 bits per heavy atom. The van der Waals surface area contributed by atoms with Gasteiger partial charge in [0.1, 0.15) is 0 Å². The Kier molecular flexibility index (Phi) is 2.24. The van der Waals surface area contributed by atoms with Crippen LogP contribution in [0.1, 0.15) is 0 Å². The summed E-state index contributed by atoms with van der Waals surface area (Å²) in [6.07, 6.45) is 4.64. The monoisotopic (exact) mass is 248 g/mol. The largest absolute Gasteiger partial charge is 0.392 e. The molecule has 0 aliphatic heterocycles. The van der Waals surface area contributed by atoms with Crippen molar-refractivity contribution in [3.63, 3.8) is 0 Å². The fourth-order valence-corrected chi connectivity index (χ4v) is 3.54. The molecule has 1 aromatic carbocycles. The summed E-state index contributed by atoms with van der Waals surface area (Å²) in [5.41, 5.74) is 0. The molecule has 3 rings (SSSR count). The molecule has 0 radical (unpaired) electrons. The summed E-state index contributed by atoms with van der Waals surface area (Å²) in [7, 11) is -3.43. The molecule has 2 aliphatic rings. The van der Waals surface area contributed by atoms with Crippen molar-refractivity contribution in [1.29, 1.82) is 0 Å². The van der Waals surface area contributed by atoms with E-state index >= 15 is 0 Å². The number of fused-ring (bicyclic) bond motifs is 1. The van der Waals surface area contributed by atoms with Crippen molar-refractivity contribution in [2.75, 3.05) is 0 Å². The zero-order chi connectivity index (χ0) is 12.0. The van der Waals surface area contributed by atoms with Crippen molar-refractivity contribution in [3.05, 3.63) is 53.5 Å². The predicted octanol–water partition coefficient (Wildman–Crippen LogP) is 1.52. The number of benzene rings is 1. The van der Waals surface area contributed by atoms with Gasteiger partial charge in [-0.15, -0.1) is 0 Å². The lowest BCUT2D eigenvalue weighted by Gasteiger charge is -2.07. The van der Waals surface area contributed by atoms with Crippen molar-refractivity contribution in [1.82, 2.24) is 0 Å². The average Bonchev–Trinajstić information content (AvgIpc) is 3.01. The Bertz CT molecular complexity index is 599. The summed E-state index contributed by atoms with van der Waals surface area (Å²) >= 11 is 0. The van der Waals surface area contributed by atoms with Crippen molar-refractivity contribution in [2.45, 2.75) is 11.0 Å². The SMILES string of the molecule is O=S(=O)(C1=CC2C(C=C1)[C@@H]2O)c1ccccc1. The van der Waals surface area contributed by atoms with Crippen LogP contribution in [0, 0.1) is 11.8 Å². The first-order valence-corrected chi connectivity index (χ1v) is 6.97. The molecule has 0 heterocycles. The number of aliphatic hydroxyl groups is 1. The minimum atomic E-state index is -3.43. The maximum Gasteiger partial charge on any atom is 0.206 e. The highest BCUT2D eigenvalue weighted by molar-refractivity contribution is 7.95. The molecule has 2 unspecified atom stereocenters. The van der Waals surface area contributed by atoms with E-state index in [0.29, 0.717) is 9.80 Å². The smallest absolute Gasteiger partial charge is 0.206 e. The lowest BCUT2D eigenvalue weighted by molar-refractivity contribution is 0.260. The highest BCUT2D eigenvalue weighted by Gasteiger charge is 2.48. The number of hydrogen-bond acceptors (Lipinski definition) is 3. The van der Waals surface area contributed by atoms with Crippen LogP contribution >= 0.6 is 0 Å². The molecule has 3 atom stereocenters. The summed E-state index contributed by atoms with van der Waals surface area (Å²) in [5, 5.41) is 9.49. The third kappa shape index (κ3) is 1.64. The van der Waals surface area contributed by atoms with Gasteiger partial charge in [-0.1, -0.05) is 30.4 Å². The number of allylic oxidation sites excluding steroid dienone is 1.